The van der Waals surface area contributed by atoms with Crippen molar-refractivity contribution in [2.75, 3.05) is 13.2 Å². The summed E-state index contributed by atoms with van der Waals surface area (Å²) in [5.74, 6) is 0.0463. The summed E-state index contributed by atoms with van der Waals surface area (Å²) in [4.78, 5) is 27.6. The highest BCUT2D eigenvalue weighted by Gasteiger charge is 2.71. The average molecular weight is 724 g/mol. The number of hydrogen-bond donors (Lipinski definition) is 1. The fourth-order valence-corrected chi connectivity index (χ4v) is 6.64. The van der Waals surface area contributed by atoms with Crippen LogP contribution in [0.3, 0.4) is 0 Å². The van der Waals surface area contributed by atoms with Gasteiger partial charge in [-0.2, -0.15) is 26.3 Å². The smallest absolute Gasteiger partial charge is 0.430 e. The zero-order valence-corrected chi connectivity index (χ0v) is 29.5. The summed E-state index contributed by atoms with van der Waals surface area (Å²) < 4.78 is 95.4. The molecule has 2 aliphatic rings. The Balaban J connectivity index is 1.54. The van der Waals surface area contributed by atoms with Gasteiger partial charge in [-0.25, -0.2) is 0 Å². The van der Waals surface area contributed by atoms with Gasteiger partial charge in [-0.1, -0.05) is 63.0 Å². The number of unbranched alkanes of at least 4 members (excludes halogenated alkanes) is 1. The molecular weight excluding hydrogens is 676 g/mol. The molecule has 1 saturated carbocycles. The molecule has 1 aliphatic heterocycles. The third-order valence-corrected chi connectivity index (χ3v) is 9.51. The summed E-state index contributed by atoms with van der Waals surface area (Å²) in [5, 5.41) is 10.3. The number of carbonyl (C=O) groups excluding carboxylic acids is 2. The molecule has 0 radical (unpaired) electrons. The number of alkyl halides is 6. The zero-order valence-electron chi connectivity index (χ0n) is 29.5. The maximum atomic E-state index is 13.9. The van der Waals surface area contributed by atoms with Crippen LogP contribution in [0.2, 0.25) is 0 Å². The minimum atomic E-state index is -6.03. The Kier molecular flexibility index (Phi) is 12.7. The number of imide groups is 1. The van der Waals surface area contributed by atoms with Crippen LogP contribution in [-0.2, 0) is 27.0 Å². The maximum absolute atomic E-state index is 13.9. The van der Waals surface area contributed by atoms with Crippen LogP contribution in [0.25, 0.3) is 6.08 Å². The van der Waals surface area contributed by atoms with Crippen LogP contribution >= 0.6 is 0 Å². The van der Waals surface area contributed by atoms with Gasteiger partial charge >= 0.3 is 12.4 Å². The molecule has 2 aromatic rings. The first-order valence-corrected chi connectivity index (χ1v) is 17.6. The number of aliphatic hydroxyl groups is 1. The highest BCUT2D eigenvalue weighted by Crippen LogP contribution is 2.51. The fraction of sp³-hybridized carbons (Fsp3) is 0.538. The number of ether oxygens (including phenoxy) is 2. The van der Waals surface area contributed by atoms with Crippen molar-refractivity contribution in [3.05, 3.63) is 76.9 Å². The van der Waals surface area contributed by atoms with E-state index in [2.05, 4.69) is 0 Å². The van der Waals surface area contributed by atoms with E-state index in [-0.39, 0.29) is 48.5 Å². The number of rotatable bonds is 14. The van der Waals surface area contributed by atoms with E-state index >= 15 is 0 Å². The first-order chi connectivity index (χ1) is 23.9. The van der Waals surface area contributed by atoms with Gasteiger partial charge in [0.2, 0.25) is 5.91 Å². The number of hydrogen-bond acceptors (Lipinski definition) is 5. The minimum Gasteiger partial charge on any atom is -0.493 e. The first kappa shape index (κ1) is 40.0. The molecule has 280 valence electrons. The van der Waals surface area contributed by atoms with Crippen LogP contribution in [0.5, 0.6) is 11.5 Å². The summed E-state index contributed by atoms with van der Waals surface area (Å²) in [6.07, 6.45) is 0.0168. The predicted molar refractivity (Wildman–Crippen MR) is 182 cm³/mol. The third kappa shape index (κ3) is 8.99. The van der Waals surface area contributed by atoms with Crippen molar-refractivity contribution in [3.63, 3.8) is 0 Å². The van der Waals surface area contributed by atoms with E-state index in [1.807, 2.05) is 13.8 Å². The van der Waals surface area contributed by atoms with E-state index < -0.39 is 40.7 Å². The topological polar surface area (TPSA) is 76.1 Å². The molecule has 1 atom stereocenters. The molecule has 1 fully saturated rings. The first-order valence-electron chi connectivity index (χ1n) is 17.6. The SMILES string of the molecule is CCCc1cc(C(O)(C(F)(F)F)C(F)(F)F)cc(/C=C/C2CCCCC2)c1OCCCCN1C(=O)C=CC(C)(c2ccc(OC(C)C)cc2)C1=O. The van der Waals surface area contributed by atoms with E-state index in [0.717, 1.165) is 38.2 Å². The van der Waals surface area contributed by atoms with Gasteiger partial charge < -0.3 is 14.6 Å². The number of allylic oxidation sites excluding steroid dienone is 1. The Bertz CT molecular complexity index is 1560. The van der Waals surface area contributed by atoms with Crippen molar-refractivity contribution < 1.29 is 50.5 Å². The Morgan fingerprint density at radius 2 is 1.63 bits per heavy atom. The Hall–Kier alpha value is -3.80. The second-order valence-corrected chi connectivity index (χ2v) is 13.8. The Morgan fingerprint density at radius 1 is 0.980 bits per heavy atom. The lowest BCUT2D eigenvalue weighted by Gasteiger charge is -2.34. The minimum absolute atomic E-state index is 0.0144. The normalized spacial score (nSPS) is 19.4. The number of nitrogens with zero attached hydrogens (tertiary/aromatic N) is 1. The van der Waals surface area contributed by atoms with E-state index in [0.29, 0.717) is 36.6 Å². The van der Waals surface area contributed by atoms with Gasteiger partial charge in [0, 0.05) is 23.7 Å². The molecule has 0 spiro atoms. The summed E-state index contributed by atoms with van der Waals surface area (Å²) in [6, 6.07) is 8.55. The number of halogens is 6. The lowest BCUT2D eigenvalue weighted by Crippen LogP contribution is -2.54. The Labute approximate surface area is 295 Å². The molecule has 1 N–H and O–H groups in total. The van der Waals surface area contributed by atoms with Gasteiger partial charge in [0.15, 0.2) is 0 Å². The van der Waals surface area contributed by atoms with Crippen molar-refractivity contribution >= 4 is 17.9 Å². The van der Waals surface area contributed by atoms with E-state index in [1.54, 1.807) is 50.3 Å². The number of aryl methyl sites for hydroxylation is 1. The van der Waals surface area contributed by atoms with E-state index in [9.17, 15) is 41.0 Å². The molecule has 4 rings (SSSR count). The number of carbonyl (C=O) groups is 2. The molecule has 0 saturated heterocycles. The highest BCUT2D eigenvalue weighted by molar-refractivity contribution is 6.09. The molecule has 2 aromatic carbocycles. The molecule has 51 heavy (non-hydrogen) atoms. The van der Waals surface area contributed by atoms with Crippen LogP contribution in [0.1, 0.15) is 101 Å². The maximum Gasteiger partial charge on any atom is 0.430 e. The van der Waals surface area contributed by atoms with Gasteiger partial charge in [-0.3, -0.25) is 14.5 Å². The van der Waals surface area contributed by atoms with Crippen molar-refractivity contribution in [2.24, 2.45) is 5.92 Å². The summed E-state index contributed by atoms with van der Waals surface area (Å²) in [5.41, 5.74) is -6.68. The third-order valence-electron chi connectivity index (χ3n) is 9.51. The van der Waals surface area contributed by atoms with Crippen LogP contribution in [-0.4, -0.2) is 53.4 Å². The van der Waals surface area contributed by atoms with Crippen LogP contribution < -0.4 is 9.47 Å². The highest BCUT2D eigenvalue weighted by atomic mass is 19.4. The van der Waals surface area contributed by atoms with Gasteiger partial charge in [0.1, 0.15) is 11.5 Å². The molecular formula is C39H47F6NO5. The summed E-state index contributed by atoms with van der Waals surface area (Å²) in [6.45, 7) is 7.37. The zero-order chi connectivity index (χ0) is 37.6. The second-order valence-electron chi connectivity index (χ2n) is 13.8. The number of amides is 2. The second kappa shape index (κ2) is 16.3. The molecule has 2 amide bonds. The largest absolute Gasteiger partial charge is 0.493 e. The van der Waals surface area contributed by atoms with Crippen molar-refractivity contribution in [2.45, 2.75) is 115 Å². The Morgan fingerprint density at radius 3 is 2.22 bits per heavy atom. The predicted octanol–water partition coefficient (Wildman–Crippen LogP) is 9.37. The number of benzene rings is 2. The standard InChI is InChI=1S/C39H47F6NO5/c1-5-11-28-24-31(37(49,38(40,41)42)39(43,44)45)25-29(15-14-27-12-7-6-8-13-27)34(28)50-23-10-9-22-46-33(47)20-21-36(4,35(46)48)30-16-18-32(19-17-30)51-26(2)3/h14-21,24-27,49H,5-13,22-23H2,1-4H3/b15-14+. The monoisotopic (exact) mass is 723 g/mol. The van der Waals surface area contributed by atoms with Gasteiger partial charge in [0.25, 0.3) is 11.5 Å². The van der Waals surface area contributed by atoms with Crippen LogP contribution in [0, 0.1) is 5.92 Å². The van der Waals surface area contributed by atoms with E-state index in [4.69, 9.17) is 9.47 Å². The van der Waals surface area contributed by atoms with Crippen LogP contribution in [0.4, 0.5) is 26.3 Å². The summed E-state index contributed by atoms with van der Waals surface area (Å²) >= 11 is 0. The lowest BCUT2D eigenvalue weighted by atomic mass is 9.79. The van der Waals surface area contributed by atoms with Gasteiger partial charge in [-0.05, 0) is 94.2 Å². The van der Waals surface area contributed by atoms with E-state index in [1.165, 1.54) is 17.1 Å². The molecule has 0 aromatic heterocycles. The molecule has 1 heterocycles. The van der Waals surface area contributed by atoms with Crippen molar-refractivity contribution in [1.29, 1.82) is 0 Å². The van der Waals surface area contributed by atoms with Gasteiger partial charge in [0.05, 0.1) is 18.1 Å². The van der Waals surface area contributed by atoms with Crippen LogP contribution in [0.15, 0.2) is 54.6 Å². The summed E-state index contributed by atoms with van der Waals surface area (Å²) in [7, 11) is 0. The molecule has 0 bridgehead atoms. The quantitative estimate of drug-likeness (QED) is 0.120. The molecule has 1 unspecified atom stereocenters. The van der Waals surface area contributed by atoms with Crippen molar-refractivity contribution in [1.82, 2.24) is 4.90 Å². The lowest BCUT2D eigenvalue weighted by molar-refractivity contribution is -0.376. The molecule has 12 heteroatoms. The van der Waals surface area contributed by atoms with Gasteiger partial charge in [-0.15, -0.1) is 0 Å². The average Bonchev–Trinajstić information content (AvgIpc) is 3.06. The molecule has 6 nitrogen and oxygen atoms in total. The van der Waals surface area contributed by atoms with Crippen molar-refractivity contribution in [3.8, 4) is 11.5 Å². The fourth-order valence-electron chi connectivity index (χ4n) is 6.64. The molecule has 1 aliphatic carbocycles.